The molecule has 0 radical (unpaired) electrons. The Morgan fingerprint density at radius 2 is 1.94 bits per heavy atom. The van der Waals surface area contributed by atoms with Gasteiger partial charge in [0.25, 0.3) is 0 Å². The summed E-state index contributed by atoms with van der Waals surface area (Å²) in [7, 11) is 0. The van der Waals surface area contributed by atoms with E-state index >= 15 is 0 Å². The first-order chi connectivity index (χ1) is 8.25. The molecule has 2 aromatic heterocycles. The van der Waals surface area contributed by atoms with Crippen LogP contribution >= 0.6 is 15.9 Å². The van der Waals surface area contributed by atoms with Crippen LogP contribution in [-0.4, -0.2) is 14.8 Å². The SMILES string of the molecule is Nc1nn(-c2ccccc2)c2ncc(Br)cc12. The lowest BCUT2D eigenvalue weighted by molar-refractivity contribution is 0.902. The van der Waals surface area contributed by atoms with Gasteiger partial charge in [-0.3, -0.25) is 0 Å². The number of hydrogen-bond donors (Lipinski definition) is 1. The van der Waals surface area contributed by atoms with Crippen LogP contribution in [0.1, 0.15) is 0 Å². The molecule has 17 heavy (non-hydrogen) atoms. The summed E-state index contributed by atoms with van der Waals surface area (Å²) >= 11 is 3.38. The van der Waals surface area contributed by atoms with Gasteiger partial charge in [0, 0.05) is 10.7 Å². The molecule has 0 spiro atoms. The third-order valence-electron chi connectivity index (χ3n) is 2.52. The molecule has 3 rings (SSSR count). The molecule has 0 saturated carbocycles. The van der Waals surface area contributed by atoms with Crippen molar-refractivity contribution in [2.45, 2.75) is 0 Å². The fourth-order valence-corrected chi connectivity index (χ4v) is 2.08. The van der Waals surface area contributed by atoms with E-state index < -0.39 is 0 Å². The fourth-order valence-electron chi connectivity index (χ4n) is 1.75. The first-order valence-electron chi connectivity index (χ1n) is 5.11. The molecular formula is C12H9BrN4. The van der Waals surface area contributed by atoms with Crippen molar-refractivity contribution >= 4 is 32.8 Å². The maximum Gasteiger partial charge on any atom is 0.165 e. The number of hydrogen-bond acceptors (Lipinski definition) is 3. The zero-order valence-electron chi connectivity index (χ0n) is 8.84. The lowest BCUT2D eigenvalue weighted by Gasteiger charge is -2.01. The summed E-state index contributed by atoms with van der Waals surface area (Å²) in [6, 6.07) is 11.7. The van der Waals surface area contributed by atoms with Gasteiger partial charge in [-0.2, -0.15) is 0 Å². The minimum Gasteiger partial charge on any atom is -0.382 e. The Balaban J connectivity index is 2.32. The van der Waals surface area contributed by atoms with E-state index in [-0.39, 0.29) is 0 Å². The van der Waals surface area contributed by atoms with Crippen molar-refractivity contribution in [1.82, 2.24) is 14.8 Å². The maximum absolute atomic E-state index is 5.89. The second-order valence-electron chi connectivity index (χ2n) is 3.66. The molecule has 0 aliphatic heterocycles. The third kappa shape index (κ3) is 1.68. The molecule has 0 amide bonds. The van der Waals surface area contributed by atoms with Gasteiger partial charge in [0.2, 0.25) is 0 Å². The molecule has 1 aromatic carbocycles. The van der Waals surface area contributed by atoms with Crippen molar-refractivity contribution in [3.63, 3.8) is 0 Å². The highest BCUT2D eigenvalue weighted by Gasteiger charge is 2.10. The minimum atomic E-state index is 0.484. The number of anilines is 1. The molecule has 0 bridgehead atoms. The number of nitrogens with zero attached hydrogens (tertiary/aromatic N) is 3. The van der Waals surface area contributed by atoms with Crippen LogP contribution in [0.5, 0.6) is 0 Å². The van der Waals surface area contributed by atoms with Crippen molar-refractivity contribution in [3.05, 3.63) is 47.1 Å². The molecule has 0 atom stereocenters. The van der Waals surface area contributed by atoms with Crippen molar-refractivity contribution < 1.29 is 0 Å². The fraction of sp³-hybridized carbons (Fsp3) is 0. The molecule has 0 fully saturated rings. The van der Waals surface area contributed by atoms with E-state index in [9.17, 15) is 0 Å². The normalized spacial score (nSPS) is 10.9. The lowest BCUT2D eigenvalue weighted by Crippen LogP contribution is -1.97. The second-order valence-corrected chi connectivity index (χ2v) is 4.57. The van der Waals surface area contributed by atoms with Crippen LogP contribution in [0.15, 0.2) is 47.1 Å². The summed E-state index contributed by atoms with van der Waals surface area (Å²) < 4.78 is 2.64. The Morgan fingerprint density at radius 1 is 1.18 bits per heavy atom. The molecule has 5 heteroatoms. The zero-order chi connectivity index (χ0) is 11.8. The van der Waals surface area contributed by atoms with Crippen molar-refractivity contribution in [2.75, 3.05) is 5.73 Å². The summed E-state index contributed by atoms with van der Waals surface area (Å²) in [5, 5.41) is 5.16. The molecule has 4 nitrogen and oxygen atoms in total. The van der Waals surface area contributed by atoms with Crippen LogP contribution in [0.2, 0.25) is 0 Å². The van der Waals surface area contributed by atoms with Crippen LogP contribution in [0.3, 0.4) is 0 Å². The zero-order valence-corrected chi connectivity index (χ0v) is 10.4. The Hall–Kier alpha value is -1.88. The van der Waals surface area contributed by atoms with Gasteiger partial charge in [-0.05, 0) is 34.1 Å². The average molecular weight is 289 g/mol. The van der Waals surface area contributed by atoms with Gasteiger partial charge in [0.15, 0.2) is 11.5 Å². The standard InChI is InChI=1S/C12H9BrN4/c13-8-6-10-11(14)16-17(12(10)15-7-8)9-4-2-1-3-5-9/h1-7H,(H2,14,16). The highest BCUT2D eigenvalue weighted by molar-refractivity contribution is 9.10. The largest absolute Gasteiger partial charge is 0.382 e. The van der Waals surface area contributed by atoms with Crippen LogP contribution in [0.4, 0.5) is 5.82 Å². The third-order valence-corrected chi connectivity index (χ3v) is 2.95. The number of fused-ring (bicyclic) bond motifs is 1. The van der Waals surface area contributed by atoms with Gasteiger partial charge in [0.05, 0.1) is 11.1 Å². The molecule has 2 N–H and O–H groups in total. The van der Waals surface area contributed by atoms with Crippen molar-refractivity contribution in [2.24, 2.45) is 0 Å². The first kappa shape index (κ1) is 10.3. The van der Waals surface area contributed by atoms with Crippen LogP contribution in [0, 0.1) is 0 Å². The number of nitrogen functional groups attached to an aromatic ring is 1. The van der Waals surface area contributed by atoms with E-state index in [1.54, 1.807) is 10.9 Å². The molecule has 2 heterocycles. The highest BCUT2D eigenvalue weighted by Crippen LogP contribution is 2.24. The molecule has 3 aromatic rings. The topological polar surface area (TPSA) is 56.7 Å². The number of rotatable bonds is 1. The predicted octanol–water partition coefficient (Wildman–Crippen LogP) is 2.77. The lowest BCUT2D eigenvalue weighted by atomic mass is 10.3. The van der Waals surface area contributed by atoms with E-state index in [1.165, 1.54) is 0 Å². The van der Waals surface area contributed by atoms with Crippen LogP contribution in [0.25, 0.3) is 16.7 Å². The number of para-hydroxylation sites is 1. The summed E-state index contributed by atoms with van der Waals surface area (Å²) in [6.45, 7) is 0. The molecule has 0 unspecified atom stereocenters. The van der Waals surface area contributed by atoms with Crippen LogP contribution < -0.4 is 5.73 Å². The second kappa shape index (κ2) is 3.85. The van der Waals surface area contributed by atoms with E-state index in [1.807, 2.05) is 36.4 Å². The van der Waals surface area contributed by atoms with E-state index in [0.717, 1.165) is 21.2 Å². The van der Waals surface area contributed by atoms with Gasteiger partial charge in [0.1, 0.15) is 0 Å². The van der Waals surface area contributed by atoms with Crippen molar-refractivity contribution in [1.29, 1.82) is 0 Å². The number of benzene rings is 1. The number of aromatic nitrogens is 3. The highest BCUT2D eigenvalue weighted by atomic mass is 79.9. The minimum absolute atomic E-state index is 0.484. The van der Waals surface area contributed by atoms with E-state index in [4.69, 9.17) is 5.73 Å². The molecule has 0 aliphatic rings. The van der Waals surface area contributed by atoms with Gasteiger partial charge < -0.3 is 5.73 Å². The monoisotopic (exact) mass is 288 g/mol. The Kier molecular flexibility index (Phi) is 2.33. The smallest absolute Gasteiger partial charge is 0.165 e. The summed E-state index contributed by atoms with van der Waals surface area (Å²) in [6.07, 6.45) is 1.74. The summed E-state index contributed by atoms with van der Waals surface area (Å²) in [5.74, 6) is 0.484. The van der Waals surface area contributed by atoms with E-state index in [0.29, 0.717) is 5.82 Å². The van der Waals surface area contributed by atoms with Gasteiger partial charge in [-0.25, -0.2) is 9.67 Å². The Bertz CT molecular complexity index is 676. The van der Waals surface area contributed by atoms with Crippen LogP contribution in [-0.2, 0) is 0 Å². The summed E-state index contributed by atoms with van der Waals surface area (Å²) in [4.78, 5) is 4.35. The number of nitrogens with two attached hydrogens (primary N) is 1. The quantitative estimate of drug-likeness (QED) is 0.749. The number of pyridine rings is 1. The first-order valence-corrected chi connectivity index (χ1v) is 5.90. The molecule has 0 saturated heterocycles. The Morgan fingerprint density at radius 3 is 2.71 bits per heavy atom. The maximum atomic E-state index is 5.89. The predicted molar refractivity (Wildman–Crippen MR) is 71.0 cm³/mol. The van der Waals surface area contributed by atoms with Crippen molar-refractivity contribution in [3.8, 4) is 5.69 Å². The summed E-state index contributed by atoms with van der Waals surface area (Å²) in [5.41, 5.74) is 7.60. The Labute approximate surface area is 106 Å². The molecular weight excluding hydrogens is 280 g/mol. The average Bonchev–Trinajstić information content (AvgIpc) is 2.68. The molecule has 84 valence electrons. The van der Waals surface area contributed by atoms with Gasteiger partial charge in [-0.1, -0.05) is 18.2 Å². The van der Waals surface area contributed by atoms with E-state index in [2.05, 4.69) is 26.0 Å². The van der Waals surface area contributed by atoms with Gasteiger partial charge in [-0.15, -0.1) is 5.10 Å². The van der Waals surface area contributed by atoms with Gasteiger partial charge >= 0.3 is 0 Å². The molecule has 0 aliphatic carbocycles. The number of halogens is 1.